The van der Waals surface area contributed by atoms with Crippen LogP contribution in [0.15, 0.2) is 45.8 Å². The number of anilines is 2. The molecule has 3 rings (SSSR count). The van der Waals surface area contributed by atoms with Gasteiger partial charge in [-0.15, -0.1) is 0 Å². The van der Waals surface area contributed by atoms with Gasteiger partial charge in [0.25, 0.3) is 10.0 Å². The molecule has 0 amide bonds. The third-order valence-electron chi connectivity index (χ3n) is 3.77. The average molecular weight is 397 g/mol. The fraction of sp³-hybridized carbons (Fsp3) is 0.250. The van der Waals surface area contributed by atoms with Crippen LogP contribution in [0.4, 0.5) is 11.4 Å². The van der Waals surface area contributed by atoms with Crippen LogP contribution in [0.25, 0.3) is 0 Å². The van der Waals surface area contributed by atoms with Crippen molar-refractivity contribution in [2.24, 2.45) is 0 Å². The van der Waals surface area contributed by atoms with Crippen LogP contribution >= 0.6 is 15.9 Å². The van der Waals surface area contributed by atoms with Crippen molar-refractivity contribution in [2.45, 2.75) is 11.8 Å². The Balaban J connectivity index is 1.95. The quantitative estimate of drug-likeness (QED) is 0.863. The lowest BCUT2D eigenvalue weighted by atomic mass is 10.2. The van der Waals surface area contributed by atoms with Gasteiger partial charge < -0.3 is 9.64 Å². The van der Waals surface area contributed by atoms with Crippen molar-refractivity contribution >= 4 is 37.3 Å². The molecule has 0 bridgehead atoms. The average Bonchev–Trinajstić information content (AvgIpc) is 2.50. The highest BCUT2D eigenvalue weighted by Gasteiger charge is 2.21. The molecule has 0 fully saturated rings. The minimum atomic E-state index is -3.65. The van der Waals surface area contributed by atoms with Gasteiger partial charge in [0.15, 0.2) is 0 Å². The number of rotatable bonds is 3. The van der Waals surface area contributed by atoms with Gasteiger partial charge in [0, 0.05) is 11.5 Å². The summed E-state index contributed by atoms with van der Waals surface area (Å²) in [4.78, 5) is 2.21. The molecule has 0 unspecified atom stereocenters. The summed E-state index contributed by atoms with van der Waals surface area (Å²) in [6.45, 7) is 3.19. The number of hydrogen-bond acceptors (Lipinski definition) is 4. The predicted molar refractivity (Wildman–Crippen MR) is 94.9 cm³/mol. The molecule has 2 aromatic carbocycles. The molecule has 0 aromatic heterocycles. The minimum Gasteiger partial charge on any atom is -0.490 e. The first-order valence-electron chi connectivity index (χ1n) is 7.14. The lowest BCUT2D eigenvalue weighted by Crippen LogP contribution is -2.29. The van der Waals surface area contributed by atoms with Crippen molar-refractivity contribution in [3.8, 4) is 5.75 Å². The van der Waals surface area contributed by atoms with Crippen LogP contribution in [0, 0.1) is 6.92 Å². The smallest absolute Gasteiger partial charge is 0.261 e. The van der Waals surface area contributed by atoms with Crippen molar-refractivity contribution in [3.63, 3.8) is 0 Å². The number of benzene rings is 2. The van der Waals surface area contributed by atoms with E-state index in [1.54, 1.807) is 30.3 Å². The van der Waals surface area contributed by atoms with Crippen LogP contribution in [0.1, 0.15) is 5.56 Å². The third-order valence-corrected chi connectivity index (χ3v) is 5.63. The molecule has 0 aliphatic carbocycles. The maximum absolute atomic E-state index is 12.6. The molecule has 0 radical (unpaired) electrons. The first-order valence-corrected chi connectivity index (χ1v) is 9.41. The molecule has 0 saturated heterocycles. The van der Waals surface area contributed by atoms with Gasteiger partial charge in [-0.25, -0.2) is 8.42 Å². The van der Waals surface area contributed by atoms with E-state index in [4.69, 9.17) is 4.74 Å². The molecule has 1 N–H and O–H groups in total. The van der Waals surface area contributed by atoms with Crippen LogP contribution in [0.5, 0.6) is 5.75 Å². The Kier molecular flexibility index (Phi) is 4.25. The number of hydrogen-bond donors (Lipinski definition) is 1. The number of likely N-dealkylation sites (N-methyl/N-ethyl adjacent to an activating group) is 1. The molecule has 0 atom stereocenters. The molecule has 1 heterocycles. The van der Waals surface area contributed by atoms with Gasteiger partial charge in [0.1, 0.15) is 12.4 Å². The number of sulfonamides is 1. The zero-order chi connectivity index (χ0) is 16.6. The van der Waals surface area contributed by atoms with E-state index in [-0.39, 0.29) is 4.90 Å². The summed E-state index contributed by atoms with van der Waals surface area (Å²) in [5.41, 5.74) is 2.20. The van der Waals surface area contributed by atoms with Crippen LogP contribution in [0.2, 0.25) is 0 Å². The van der Waals surface area contributed by atoms with Gasteiger partial charge in [0.2, 0.25) is 0 Å². The first-order chi connectivity index (χ1) is 10.9. The van der Waals surface area contributed by atoms with Crippen molar-refractivity contribution in [3.05, 3.63) is 46.4 Å². The monoisotopic (exact) mass is 396 g/mol. The van der Waals surface area contributed by atoms with Gasteiger partial charge in [0.05, 0.1) is 22.8 Å². The highest BCUT2D eigenvalue weighted by Crippen LogP contribution is 2.33. The zero-order valence-electron chi connectivity index (χ0n) is 12.8. The van der Waals surface area contributed by atoms with Crippen LogP contribution in [0.3, 0.4) is 0 Å². The molecule has 0 spiro atoms. The predicted octanol–water partition coefficient (Wildman–Crippen LogP) is 3.39. The topological polar surface area (TPSA) is 58.6 Å². The van der Waals surface area contributed by atoms with Crippen molar-refractivity contribution in [1.82, 2.24) is 0 Å². The fourth-order valence-corrected chi connectivity index (χ4v) is 4.07. The van der Waals surface area contributed by atoms with E-state index >= 15 is 0 Å². The van der Waals surface area contributed by atoms with E-state index in [2.05, 4.69) is 20.7 Å². The second-order valence-corrected chi connectivity index (χ2v) is 8.06. The Morgan fingerprint density at radius 1 is 1.22 bits per heavy atom. The minimum absolute atomic E-state index is 0.218. The zero-order valence-corrected chi connectivity index (χ0v) is 15.2. The van der Waals surface area contributed by atoms with E-state index in [9.17, 15) is 8.42 Å². The second-order valence-electron chi connectivity index (χ2n) is 5.46. The number of nitrogens with one attached hydrogen (secondary N) is 1. The molecule has 1 aliphatic rings. The normalized spacial score (nSPS) is 14.1. The summed E-state index contributed by atoms with van der Waals surface area (Å²) in [5, 5.41) is 0. The second kappa shape index (κ2) is 6.05. The molecule has 23 heavy (non-hydrogen) atoms. The number of halogens is 1. The Labute approximate surface area is 144 Å². The summed E-state index contributed by atoms with van der Waals surface area (Å²) in [6.07, 6.45) is 0. The van der Waals surface area contributed by atoms with Crippen molar-refractivity contribution in [2.75, 3.05) is 29.8 Å². The van der Waals surface area contributed by atoms with E-state index in [1.165, 1.54) is 0 Å². The Morgan fingerprint density at radius 2 is 2.00 bits per heavy atom. The van der Waals surface area contributed by atoms with Crippen LogP contribution in [-0.2, 0) is 10.0 Å². The van der Waals surface area contributed by atoms with Gasteiger partial charge in [-0.3, -0.25) is 4.72 Å². The number of nitrogens with zero attached hydrogens (tertiary/aromatic N) is 1. The van der Waals surface area contributed by atoms with E-state index in [1.807, 2.05) is 24.9 Å². The Bertz CT molecular complexity index is 852. The maximum atomic E-state index is 12.6. The molecule has 122 valence electrons. The Morgan fingerprint density at radius 3 is 2.74 bits per heavy atom. The molecule has 1 aliphatic heterocycles. The van der Waals surface area contributed by atoms with Gasteiger partial charge >= 0.3 is 0 Å². The lowest BCUT2D eigenvalue weighted by Gasteiger charge is -2.28. The molecular weight excluding hydrogens is 380 g/mol. The summed E-state index contributed by atoms with van der Waals surface area (Å²) in [6, 6.07) is 10.3. The lowest BCUT2D eigenvalue weighted by molar-refractivity contribution is 0.311. The summed E-state index contributed by atoms with van der Waals surface area (Å²) in [7, 11) is -1.73. The van der Waals surface area contributed by atoms with Crippen molar-refractivity contribution in [1.29, 1.82) is 0 Å². The van der Waals surface area contributed by atoms with Gasteiger partial charge in [-0.05, 0) is 48.9 Å². The van der Waals surface area contributed by atoms with Crippen molar-refractivity contribution < 1.29 is 13.2 Å². The van der Waals surface area contributed by atoms with E-state index in [0.717, 1.165) is 22.3 Å². The van der Waals surface area contributed by atoms with Gasteiger partial charge in [-0.1, -0.05) is 15.9 Å². The molecule has 2 aromatic rings. The SMILES string of the molecule is Cc1cc(Br)ccc1NS(=O)(=O)c1ccc2c(c1)N(C)CCO2. The van der Waals surface area contributed by atoms with E-state index in [0.29, 0.717) is 18.0 Å². The number of ether oxygens (including phenoxy) is 1. The van der Waals surface area contributed by atoms with E-state index < -0.39 is 10.0 Å². The maximum Gasteiger partial charge on any atom is 0.261 e. The summed E-state index contributed by atoms with van der Waals surface area (Å²) >= 11 is 3.37. The molecule has 0 saturated carbocycles. The summed E-state index contributed by atoms with van der Waals surface area (Å²) in [5.74, 6) is 0.706. The standard InChI is InChI=1S/C16H17BrN2O3S/c1-11-9-12(17)3-5-14(11)18-23(20,21)13-4-6-16-15(10-13)19(2)7-8-22-16/h3-6,9-10,18H,7-8H2,1-2H3. The number of fused-ring (bicyclic) bond motifs is 1. The first kappa shape index (κ1) is 16.1. The number of aryl methyl sites for hydroxylation is 1. The summed E-state index contributed by atoms with van der Waals surface area (Å²) < 4.78 is 34.4. The molecule has 5 nitrogen and oxygen atoms in total. The molecular formula is C16H17BrN2O3S. The highest BCUT2D eigenvalue weighted by molar-refractivity contribution is 9.10. The third kappa shape index (κ3) is 3.30. The van der Waals surface area contributed by atoms with Crippen LogP contribution in [-0.4, -0.2) is 28.6 Å². The van der Waals surface area contributed by atoms with Crippen LogP contribution < -0.4 is 14.4 Å². The highest BCUT2D eigenvalue weighted by atomic mass is 79.9. The van der Waals surface area contributed by atoms with Gasteiger partial charge in [-0.2, -0.15) is 0 Å². The fourth-order valence-electron chi connectivity index (χ4n) is 2.44. The largest absolute Gasteiger partial charge is 0.490 e. The Hall–Kier alpha value is -1.73. The molecule has 7 heteroatoms.